The summed E-state index contributed by atoms with van der Waals surface area (Å²) in [7, 11) is 0. The molecule has 0 saturated heterocycles. The first-order valence-corrected chi connectivity index (χ1v) is 7.67. The Balaban J connectivity index is 1.57. The van der Waals surface area contributed by atoms with Crippen LogP contribution in [0.25, 0.3) is 0 Å². The van der Waals surface area contributed by atoms with Crippen LogP contribution in [0.4, 0.5) is 0 Å². The smallest absolute Gasteiger partial charge is 0.268 e. The van der Waals surface area contributed by atoms with Gasteiger partial charge in [0.25, 0.3) is 5.91 Å². The van der Waals surface area contributed by atoms with Gasteiger partial charge >= 0.3 is 0 Å². The zero-order valence-electron chi connectivity index (χ0n) is 13.4. The van der Waals surface area contributed by atoms with Gasteiger partial charge in [-0.2, -0.15) is 10.2 Å². The summed E-state index contributed by atoms with van der Waals surface area (Å²) >= 11 is 0. The third-order valence-electron chi connectivity index (χ3n) is 3.53. The van der Waals surface area contributed by atoms with Gasteiger partial charge in [-0.15, -0.1) is 0 Å². The van der Waals surface area contributed by atoms with Gasteiger partial charge in [-0.25, -0.2) is 5.43 Å². The van der Waals surface area contributed by atoms with Gasteiger partial charge in [-0.05, 0) is 24.6 Å². The highest BCUT2D eigenvalue weighted by Crippen LogP contribution is 2.04. The third kappa shape index (κ3) is 4.16. The second-order valence-electron chi connectivity index (χ2n) is 5.52. The molecule has 0 aliphatic rings. The van der Waals surface area contributed by atoms with Gasteiger partial charge in [-0.1, -0.05) is 48.0 Å². The predicted octanol–water partition coefficient (Wildman–Crippen LogP) is 3.00. The molecule has 2 aromatic carbocycles. The molecule has 0 saturated carbocycles. The van der Waals surface area contributed by atoms with Crippen LogP contribution in [0.1, 0.15) is 27.0 Å². The lowest BCUT2D eigenvalue weighted by Gasteiger charge is -2.00. The molecule has 120 valence electrons. The van der Waals surface area contributed by atoms with Gasteiger partial charge in [0.15, 0.2) is 0 Å². The number of benzene rings is 2. The van der Waals surface area contributed by atoms with Crippen molar-refractivity contribution in [3.63, 3.8) is 0 Å². The first-order valence-electron chi connectivity index (χ1n) is 7.67. The van der Waals surface area contributed by atoms with Crippen LogP contribution in [0.15, 0.2) is 72.1 Å². The lowest BCUT2D eigenvalue weighted by atomic mass is 10.1. The number of nitrogens with zero attached hydrogens (tertiary/aromatic N) is 3. The van der Waals surface area contributed by atoms with Crippen molar-refractivity contribution in [3.8, 4) is 0 Å². The molecule has 1 amide bonds. The Bertz CT molecular complexity index is 835. The molecule has 0 aliphatic heterocycles. The summed E-state index contributed by atoms with van der Waals surface area (Å²) in [6, 6.07) is 17.4. The summed E-state index contributed by atoms with van der Waals surface area (Å²) in [4.78, 5) is 11.9. The molecule has 3 aromatic rings. The zero-order valence-corrected chi connectivity index (χ0v) is 13.4. The van der Waals surface area contributed by atoms with Crippen LogP contribution in [0, 0.1) is 6.92 Å². The van der Waals surface area contributed by atoms with E-state index in [-0.39, 0.29) is 5.91 Å². The van der Waals surface area contributed by atoms with E-state index in [0.29, 0.717) is 12.1 Å². The summed E-state index contributed by atoms with van der Waals surface area (Å²) in [5.74, 6) is -0.233. The highest BCUT2D eigenvalue weighted by molar-refractivity contribution is 5.94. The summed E-state index contributed by atoms with van der Waals surface area (Å²) < 4.78 is 1.83. The van der Waals surface area contributed by atoms with Crippen molar-refractivity contribution in [2.24, 2.45) is 5.10 Å². The lowest BCUT2D eigenvalue weighted by molar-refractivity contribution is 0.0955. The van der Waals surface area contributed by atoms with E-state index in [4.69, 9.17) is 0 Å². The third-order valence-corrected chi connectivity index (χ3v) is 3.53. The minimum absolute atomic E-state index is 0.233. The fourth-order valence-electron chi connectivity index (χ4n) is 2.24. The first kappa shape index (κ1) is 15.7. The number of nitrogens with one attached hydrogen (secondary N) is 1. The maximum atomic E-state index is 11.9. The van der Waals surface area contributed by atoms with Gasteiger partial charge < -0.3 is 0 Å². The number of aryl methyl sites for hydroxylation is 1. The standard InChI is InChI=1S/C19H18N4O/c1-15-7-9-18(10-8-15)19(24)22-20-11-17-12-21-23(14-17)13-16-5-3-2-4-6-16/h2-12,14H,13H2,1H3,(H,22,24)/b20-11-. The number of amides is 1. The van der Waals surface area contributed by atoms with Gasteiger partial charge in [0.1, 0.15) is 0 Å². The summed E-state index contributed by atoms with van der Waals surface area (Å²) in [6.45, 7) is 2.68. The zero-order chi connectivity index (χ0) is 16.8. The van der Waals surface area contributed by atoms with Crippen LogP contribution in [-0.4, -0.2) is 21.9 Å². The van der Waals surface area contributed by atoms with Crippen LogP contribution in [0.2, 0.25) is 0 Å². The highest BCUT2D eigenvalue weighted by atomic mass is 16.2. The van der Waals surface area contributed by atoms with Crippen molar-refractivity contribution in [1.29, 1.82) is 0 Å². The SMILES string of the molecule is Cc1ccc(C(=O)N/N=C\c2cnn(Cc3ccccc3)c2)cc1. The molecule has 1 heterocycles. The van der Waals surface area contributed by atoms with Crippen molar-refractivity contribution in [2.75, 3.05) is 0 Å². The number of hydrazone groups is 1. The van der Waals surface area contributed by atoms with Gasteiger partial charge in [0.2, 0.25) is 0 Å². The minimum Gasteiger partial charge on any atom is -0.268 e. The Morgan fingerprint density at radius 1 is 1.17 bits per heavy atom. The molecule has 0 bridgehead atoms. The van der Waals surface area contributed by atoms with Crippen molar-refractivity contribution >= 4 is 12.1 Å². The Morgan fingerprint density at radius 2 is 1.92 bits per heavy atom. The molecule has 24 heavy (non-hydrogen) atoms. The average Bonchev–Trinajstić information content (AvgIpc) is 3.03. The number of aromatic nitrogens is 2. The minimum atomic E-state index is -0.233. The highest BCUT2D eigenvalue weighted by Gasteiger charge is 2.03. The molecular weight excluding hydrogens is 300 g/mol. The number of rotatable bonds is 5. The number of carbonyl (C=O) groups is 1. The summed E-state index contributed by atoms with van der Waals surface area (Å²) in [5.41, 5.74) is 6.22. The molecule has 3 rings (SSSR count). The van der Waals surface area contributed by atoms with Crippen molar-refractivity contribution < 1.29 is 4.79 Å². The topological polar surface area (TPSA) is 59.3 Å². The number of hydrogen-bond acceptors (Lipinski definition) is 3. The maximum absolute atomic E-state index is 11.9. The quantitative estimate of drug-likeness (QED) is 0.581. The van der Waals surface area contributed by atoms with Crippen molar-refractivity contribution in [3.05, 3.63) is 89.2 Å². The van der Waals surface area contributed by atoms with Crippen molar-refractivity contribution in [1.82, 2.24) is 15.2 Å². The molecule has 5 nitrogen and oxygen atoms in total. The average molecular weight is 318 g/mol. The van der Waals surface area contributed by atoms with Gasteiger partial charge in [0, 0.05) is 17.3 Å². The fourth-order valence-corrected chi connectivity index (χ4v) is 2.24. The predicted molar refractivity (Wildman–Crippen MR) is 94.0 cm³/mol. The molecule has 0 aliphatic carbocycles. The van der Waals surface area contributed by atoms with E-state index < -0.39 is 0 Å². The first-order chi connectivity index (χ1) is 11.7. The van der Waals surface area contributed by atoms with E-state index in [0.717, 1.165) is 11.1 Å². The second kappa shape index (κ2) is 7.37. The molecule has 0 unspecified atom stereocenters. The summed E-state index contributed by atoms with van der Waals surface area (Å²) in [5, 5.41) is 8.27. The molecule has 0 fully saturated rings. The van der Waals surface area contributed by atoms with E-state index in [1.54, 1.807) is 24.5 Å². The van der Waals surface area contributed by atoms with Crippen molar-refractivity contribution in [2.45, 2.75) is 13.5 Å². The Kier molecular flexibility index (Phi) is 4.81. The fraction of sp³-hybridized carbons (Fsp3) is 0.105. The van der Waals surface area contributed by atoms with Crippen LogP contribution in [0.3, 0.4) is 0 Å². The lowest BCUT2D eigenvalue weighted by Crippen LogP contribution is -2.17. The number of carbonyl (C=O) groups excluding carboxylic acids is 1. The Labute approximate surface area is 140 Å². The van der Waals surface area contributed by atoms with Gasteiger partial charge in [-0.3, -0.25) is 9.48 Å². The van der Waals surface area contributed by atoms with Crippen LogP contribution >= 0.6 is 0 Å². The van der Waals surface area contributed by atoms with E-state index in [1.165, 1.54) is 5.56 Å². The Morgan fingerprint density at radius 3 is 2.67 bits per heavy atom. The second-order valence-corrected chi connectivity index (χ2v) is 5.52. The molecule has 0 spiro atoms. The van der Waals surface area contributed by atoms with Crippen LogP contribution in [0.5, 0.6) is 0 Å². The van der Waals surface area contributed by atoms with E-state index >= 15 is 0 Å². The molecule has 0 atom stereocenters. The maximum Gasteiger partial charge on any atom is 0.271 e. The molecule has 0 radical (unpaired) electrons. The van der Waals surface area contributed by atoms with E-state index in [9.17, 15) is 4.79 Å². The number of hydrogen-bond donors (Lipinski definition) is 1. The molecule has 1 N–H and O–H groups in total. The van der Waals surface area contributed by atoms with E-state index in [1.807, 2.05) is 48.1 Å². The molecule has 1 aromatic heterocycles. The van der Waals surface area contributed by atoms with Crippen LogP contribution < -0.4 is 5.43 Å². The van der Waals surface area contributed by atoms with Crippen LogP contribution in [-0.2, 0) is 6.54 Å². The molecule has 5 heteroatoms. The Hall–Kier alpha value is -3.21. The summed E-state index contributed by atoms with van der Waals surface area (Å²) in [6.07, 6.45) is 5.18. The normalized spacial score (nSPS) is 10.9. The van der Waals surface area contributed by atoms with E-state index in [2.05, 4.69) is 27.8 Å². The monoisotopic (exact) mass is 318 g/mol. The largest absolute Gasteiger partial charge is 0.271 e. The van der Waals surface area contributed by atoms with Gasteiger partial charge in [0.05, 0.1) is 19.0 Å². The molecular formula is C19H18N4O.